The van der Waals surface area contributed by atoms with Crippen LogP contribution in [0.4, 0.5) is 0 Å². The second-order valence-electron chi connectivity index (χ2n) is 5.62. The van der Waals surface area contributed by atoms with E-state index in [9.17, 15) is 4.21 Å². The van der Waals surface area contributed by atoms with Gasteiger partial charge in [-0.3, -0.25) is 0 Å². The number of hydrogen-bond acceptors (Lipinski definition) is 1. The summed E-state index contributed by atoms with van der Waals surface area (Å²) in [6.45, 7) is 9.85. The van der Waals surface area contributed by atoms with Gasteiger partial charge in [-0.2, -0.15) is 0 Å². The standard InChI is InChI=1S/C13H20ClNOS/c1-12(2,3)17(16)15-13(4,5)10-7-6-8-11(14)9-10/h6-9,15H,1-5H3. The van der Waals surface area contributed by atoms with E-state index in [-0.39, 0.29) is 10.3 Å². The molecule has 0 bridgehead atoms. The Hall–Kier alpha value is -0.380. The number of benzene rings is 1. The van der Waals surface area contributed by atoms with Gasteiger partial charge in [-0.05, 0) is 52.3 Å². The van der Waals surface area contributed by atoms with Crippen LogP contribution in [-0.2, 0) is 16.5 Å². The second kappa shape index (κ2) is 5.09. The van der Waals surface area contributed by atoms with E-state index in [0.29, 0.717) is 5.02 Å². The van der Waals surface area contributed by atoms with Gasteiger partial charge in [0, 0.05) is 10.6 Å². The van der Waals surface area contributed by atoms with Crippen molar-refractivity contribution in [3.63, 3.8) is 0 Å². The number of rotatable bonds is 3. The van der Waals surface area contributed by atoms with Crippen molar-refractivity contribution in [3.05, 3.63) is 34.9 Å². The van der Waals surface area contributed by atoms with Crippen LogP contribution in [-0.4, -0.2) is 8.96 Å². The van der Waals surface area contributed by atoms with E-state index in [1.807, 2.05) is 58.9 Å². The average molecular weight is 274 g/mol. The fourth-order valence-electron chi connectivity index (χ4n) is 1.32. The van der Waals surface area contributed by atoms with Gasteiger partial charge in [0.2, 0.25) is 0 Å². The first kappa shape index (κ1) is 14.7. The second-order valence-corrected chi connectivity index (χ2v) is 8.02. The minimum Gasteiger partial charge on any atom is -0.242 e. The summed E-state index contributed by atoms with van der Waals surface area (Å²) in [5.74, 6) is 0. The monoisotopic (exact) mass is 273 g/mol. The Labute approximate surface area is 111 Å². The molecule has 0 aliphatic rings. The summed E-state index contributed by atoms with van der Waals surface area (Å²) in [5, 5.41) is 0.693. The minimum absolute atomic E-state index is 0.282. The predicted molar refractivity (Wildman–Crippen MR) is 75.5 cm³/mol. The van der Waals surface area contributed by atoms with Gasteiger partial charge in [-0.1, -0.05) is 23.7 Å². The van der Waals surface area contributed by atoms with E-state index < -0.39 is 11.0 Å². The Morgan fingerprint density at radius 1 is 1.18 bits per heavy atom. The van der Waals surface area contributed by atoms with Crippen LogP contribution >= 0.6 is 11.6 Å². The summed E-state index contributed by atoms with van der Waals surface area (Å²) >= 11 is 5.97. The zero-order chi connectivity index (χ0) is 13.3. The Kier molecular flexibility index (Phi) is 4.39. The van der Waals surface area contributed by atoms with Gasteiger partial charge < -0.3 is 0 Å². The highest BCUT2D eigenvalue weighted by Crippen LogP contribution is 2.25. The molecule has 0 saturated heterocycles. The lowest BCUT2D eigenvalue weighted by Gasteiger charge is -2.30. The van der Waals surface area contributed by atoms with Crippen LogP contribution in [0.15, 0.2) is 24.3 Å². The van der Waals surface area contributed by atoms with Crippen molar-refractivity contribution in [2.75, 3.05) is 0 Å². The van der Waals surface area contributed by atoms with E-state index in [0.717, 1.165) is 5.56 Å². The zero-order valence-electron chi connectivity index (χ0n) is 11.0. The molecule has 0 aliphatic heterocycles. The first-order chi connectivity index (χ1) is 7.63. The maximum absolute atomic E-state index is 12.1. The molecule has 0 aromatic heterocycles. The molecule has 0 fully saturated rings. The minimum atomic E-state index is -1.11. The molecular weight excluding hydrogens is 254 g/mol. The highest BCUT2D eigenvalue weighted by molar-refractivity contribution is 7.84. The molecule has 0 heterocycles. The summed E-state index contributed by atoms with van der Waals surface area (Å²) in [6, 6.07) is 7.62. The smallest absolute Gasteiger partial charge is 0.0978 e. The Balaban J connectivity index is 2.93. The molecule has 4 heteroatoms. The summed E-state index contributed by atoms with van der Waals surface area (Å²) in [6.07, 6.45) is 0. The fourth-order valence-corrected chi connectivity index (χ4v) is 2.40. The third kappa shape index (κ3) is 4.09. The van der Waals surface area contributed by atoms with Crippen molar-refractivity contribution in [1.29, 1.82) is 0 Å². The lowest BCUT2D eigenvalue weighted by Crippen LogP contribution is -2.44. The van der Waals surface area contributed by atoms with Crippen molar-refractivity contribution in [3.8, 4) is 0 Å². The van der Waals surface area contributed by atoms with Gasteiger partial charge in [0.05, 0.1) is 15.7 Å². The van der Waals surface area contributed by atoms with Crippen LogP contribution in [0.25, 0.3) is 0 Å². The SMILES string of the molecule is CC(C)(NS(=O)C(C)(C)C)c1cccc(Cl)c1. The molecule has 0 saturated carbocycles. The summed E-state index contributed by atoms with van der Waals surface area (Å²) < 4.78 is 15.0. The van der Waals surface area contributed by atoms with Crippen LogP contribution in [0.2, 0.25) is 5.02 Å². The number of nitrogens with one attached hydrogen (secondary N) is 1. The molecule has 1 aromatic rings. The van der Waals surface area contributed by atoms with Gasteiger partial charge in [-0.25, -0.2) is 8.93 Å². The quantitative estimate of drug-likeness (QED) is 0.895. The summed E-state index contributed by atoms with van der Waals surface area (Å²) in [7, 11) is -1.11. The van der Waals surface area contributed by atoms with Crippen LogP contribution < -0.4 is 4.72 Å². The molecule has 1 rings (SSSR count). The van der Waals surface area contributed by atoms with Gasteiger partial charge >= 0.3 is 0 Å². The topological polar surface area (TPSA) is 29.1 Å². The van der Waals surface area contributed by atoms with Crippen molar-refractivity contribution in [2.24, 2.45) is 0 Å². The largest absolute Gasteiger partial charge is 0.242 e. The molecule has 1 atom stereocenters. The van der Waals surface area contributed by atoms with E-state index >= 15 is 0 Å². The number of halogens is 1. The maximum atomic E-state index is 12.1. The van der Waals surface area contributed by atoms with Crippen LogP contribution in [0.5, 0.6) is 0 Å². The molecule has 2 nitrogen and oxygen atoms in total. The van der Waals surface area contributed by atoms with Crippen molar-refractivity contribution < 1.29 is 4.21 Å². The zero-order valence-corrected chi connectivity index (χ0v) is 12.6. The van der Waals surface area contributed by atoms with Crippen LogP contribution in [0, 0.1) is 0 Å². The van der Waals surface area contributed by atoms with E-state index in [1.54, 1.807) is 0 Å². The molecule has 1 N–H and O–H groups in total. The lowest BCUT2D eigenvalue weighted by molar-refractivity contribution is 0.487. The van der Waals surface area contributed by atoms with E-state index in [2.05, 4.69) is 4.72 Å². The van der Waals surface area contributed by atoms with Gasteiger partial charge in [0.15, 0.2) is 0 Å². The first-order valence-electron chi connectivity index (χ1n) is 5.59. The van der Waals surface area contributed by atoms with E-state index in [1.165, 1.54) is 0 Å². The average Bonchev–Trinajstić information content (AvgIpc) is 2.15. The van der Waals surface area contributed by atoms with Crippen LogP contribution in [0.1, 0.15) is 40.2 Å². The molecular formula is C13H20ClNOS. The van der Waals surface area contributed by atoms with Gasteiger partial charge in [0.1, 0.15) is 0 Å². The lowest BCUT2D eigenvalue weighted by atomic mass is 9.96. The first-order valence-corrected chi connectivity index (χ1v) is 7.11. The molecule has 0 spiro atoms. The molecule has 1 aromatic carbocycles. The Morgan fingerprint density at radius 3 is 2.24 bits per heavy atom. The molecule has 17 heavy (non-hydrogen) atoms. The summed E-state index contributed by atoms with van der Waals surface area (Å²) in [4.78, 5) is 0. The molecule has 0 radical (unpaired) electrons. The van der Waals surface area contributed by atoms with Gasteiger partial charge in [0.25, 0.3) is 0 Å². The predicted octanol–water partition coefficient (Wildman–Crippen LogP) is 3.63. The fraction of sp³-hybridized carbons (Fsp3) is 0.538. The summed E-state index contributed by atoms with van der Waals surface area (Å²) in [5.41, 5.74) is 0.658. The molecule has 0 amide bonds. The number of hydrogen-bond donors (Lipinski definition) is 1. The molecule has 0 aliphatic carbocycles. The van der Waals surface area contributed by atoms with Crippen LogP contribution in [0.3, 0.4) is 0 Å². The normalized spacial score (nSPS) is 14.7. The molecule has 1 unspecified atom stereocenters. The van der Waals surface area contributed by atoms with Gasteiger partial charge in [-0.15, -0.1) is 0 Å². The van der Waals surface area contributed by atoms with Crippen molar-refractivity contribution in [2.45, 2.75) is 44.9 Å². The third-order valence-electron chi connectivity index (χ3n) is 2.45. The highest BCUT2D eigenvalue weighted by atomic mass is 35.5. The highest BCUT2D eigenvalue weighted by Gasteiger charge is 2.28. The third-order valence-corrected chi connectivity index (χ3v) is 4.49. The van der Waals surface area contributed by atoms with Crippen molar-refractivity contribution >= 4 is 22.6 Å². The van der Waals surface area contributed by atoms with E-state index in [4.69, 9.17) is 11.6 Å². The van der Waals surface area contributed by atoms with Crippen molar-refractivity contribution in [1.82, 2.24) is 4.72 Å². The molecule has 96 valence electrons. The Bertz CT molecular complexity index is 424. The Morgan fingerprint density at radius 2 is 1.76 bits per heavy atom. The maximum Gasteiger partial charge on any atom is 0.0978 e.